The van der Waals surface area contributed by atoms with Crippen LogP contribution in [-0.2, 0) is 19.1 Å². The Morgan fingerprint density at radius 3 is 2.57 bits per heavy atom. The SMILES string of the molecule is CCNC(=NCc1ccc(N(C)C)c(F)c1)NCCc1nc(C(F)(F)F)cs1. The van der Waals surface area contributed by atoms with Gasteiger partial charge in [-0.3, -0.25) is 0 Å². The summed E-state index contributed by atoms with van der Waals surface area (Å²) in [7, 11) is 3.53. The number of thiazole rings is 1. The van der Waals surface area contributed by atoms with Crippen LogP contribution in [0, 0.1) is 5.82 Å². The van der Waals surface area contributed by atoms with E-state index in [4.69, 9.17) is 0 Å². The minimum Gasteiger partial charge on any atom is -0.375 e. The van der Waals surface area contributed by atoms with E-state index in [1.165, 1.54) is 6.07 Å². The number of aromatic nitrogens is 1. The fraction of sp³-hybridized carbons (Fsp3) is 0.444. The summed E-state index contributed by atoms with van der Waals surface area (Å²) in [5.74, 6) is 0.187. The lowest BCUT2D eigenvalue weighted by Gasteiger charge is -2.14. The van der Waals surface area contributed by atoms with Crippen LogP contribution in [0.5, 0.6) is 0 Å². The third-order valence-corrected chi connectivity index (χ3v) is 4.64. The number of hydrogen-bond donors (Lipinski definition) is 2. The maximum Gasteiger partial charge on any atom is 0.434 e. The zero-order chi connectivity index (χ0) is 20.7. The van der Waals surface area contributed by atoms with E-state index < -0.39 is 11.9 Å². The van der Waals surface area contributed by atoms with Gasteiger partial charge in [-0.25, -0.2) is 14.4 Å². The number of nitrogens with zero attached hydrogens (tertiary/aromatic N) is 3. The van der Waals surface area contributed by atoms with Crippen LogP contribution < -0.4 is 15.5 Å². The highest BCUT2D eigenvalue weighted by molar-refractivity contribution is 7.09. The molecule has 0 spiro atoms. The first-order valence-electron chi connectivity index (χ1n) is 8.70. The van der Waals surface area contributed by atoms with Crippen LogP contribution in [0.25, 0.3) is 0 Å². The van der Waals surface area contributed by atoms with Crippen LogP contribution in [0.3, 0.4) is 0 Å². The Hall–Kier alpha value is -2.36. The monoisotopic (exact) mass is 417 g/mol. The zero-order valence-corrected chi connectivity index (χ0v) is 16.7. The Morgan fingerprint density at radius 2 is 2.00 bits per heavy atom. The minimum absolute atomic E-state index is 0.273. The molecule has 0 saturated heterocycles. The third kappa shape index (κ3) is 6.36. The van der Waals surface area contributed by atoms with Crippen molar-refractivity contribution in [3.8, 4) is 0 Å². The topological polar surface area (TPSA) is 52.6 Å². The van der Waals surface area contributed by atoms with Crippen molar-refractivity contribution < 1.29 is 17.6 Å². The van der Waals surface area contributed by atoms with Gasteiger partial charge in [-0.1, -0.05) is 6.07 Å². The number of aliphatic imine (C=N–C) groups is 1. The number of guanidine groups is 1. The molecule has 1 aromatic carbocycles. The number of nitrogens with one attached hydrogen (secondary N) is 2. The van der Waals surface area contributed by atoms with E-state index in [1.807, 2.05) is 6.92 Å². The highest BCUT2D eigenvalue weighted by Crippen LogP contribution is 2.30. The summed E-state index contributed by atoms with van der Waals surface area (Å²) in [5, 5.41) is 7.52. The van der Waals surface area contributed by atoms with Crippen molar-refractivity contribution in [1.82, 2.24) is 15.6 Å². The molecule has 0 bridgehead atoms. The van der Waals surface area contributed by atoms with Crippen LogP contribution in [0.2, 0.25) is 0 Å². The molecule has 0 saturated carbocycles. The highest BCUT2D eigenvalue weighted by atomic mass is 32.1. The van der Waals surface area contributed by atoms with Crippen molar-refractivity contribution in [3.05, 3.63) is 45.7 Å². The molecule has 2 N–H and O–H groups in total. The summed E-state index contributed by atoms with van der Waals surface area (Å²) in [6.45, 7) is 3.18. The average molecular weight is 417 g/mol. The molecule has 1 aromatic heterocycles. The zero-order valence-electron chi connectivity index (χ0n) is 15.9. The fourth-order valence-corrected chi connectivity index (χ4v) is 3.17. The van der Waals surface area contributed by atoms with E-state index in [0.717, 1.165) is 22.3 Å². The van der Waals surface area contributed by atoms with Crippen molar-refractivity contribution in [3.63, 3.8) is 0 Å². The molecule has 0 fully saturated rings. The number of halogens is 4. The summed E-state index contributed by atoms with van der Waals surface area (Å²) in [6.07, 6.45) is -4.08. The van der Waals surface area contributed by atoms with Gasteiger partial charge in [-0.2, -0.15) is 13.2 Å². The summed E-state index contributed by atoms with van der Waals surface area (Å²) < 4.78 is 51.8. The summed E-state index contributed by atoms with van der Waals surface area (Å²) in [6, 6.07) is 4.94. The Labute approximate surface area is 165 Å². The van der Waals surface area contributed by atoms with Crippen molar-refractivity contribution in [1.29, 1.82) is 0 Å². The van der Waals surface area contributed by atoms with Crippen LogP contribution in [0.15, 0.2) is 28.6 Å². The normalized spacial score (nSPS) is 12.2. The lowest BCUT2D eigenvalue weighted by molar-refractivity contribution is -0.140. The maximum absolute atomic E-state index is 14.0. The molecule has 154 valence electrons. The molecule has 0 atom stereocenters. The van der Waals surface area contributed by atoms with E-state index in [2.05, 4.69) is 20.6 Å². The molecule has 0 unspecified atom stereocenters. The van der Waals surface area contributed by atoms with Gasteiger partial charge in [0.05, 0.1) is 17.2 Å². The number of anilines is 1. The van der Waals surface area contributed by atoms with Crippen molar-refractivity contribution in [2.75, 3.05) is 32.1 Å². The number of hydrogen-bond acceptors (Lipinski definition) is 4. The molecule has 2 aromatic rings. The van der Waals surface area contributed by atoms with Gasteiger partial charge in [0.15, 0.2) is 11.7 Å². The molecular weight excluding hydrogens is 394 g/mol. The standard InChI is InChI=1S/C18H23F4N5S/c1-4-23-17(24-8-7-16-26-15(11-28-16)18(20,21)22)25-10-12-5-6-14(27(2)3)13(19)9-12/h5-6,9,11H,4,7-8,10H2,1-3H3,(H2,23,24,25). The Morgan fingerprint density at radius 1 is 1.25 bits per heavy atom. The van der Waals surface area contributed by atoms with Crippen molar-refractivity contribution >= 4 is 23.0 Å². The van der Waals surface area contributed by atoms with Gasteiger partial charge in [0, 0.05) is 39.0 Å². The second kappa shape index (κ2) is 9.72. The molecule has 10 heteroatoms. The first-order valence-corrected chi connectivity index (χ1v) is 9.58. The van der Waals surface area contributed by atoms with Gasteiger partial charge >= 0.3 is 6.18 Å². The molecule has 1 heterocycles. The first kappa shape index (κ1) is 21.9. The Balaban J connectivity index is 1.93. The molecule has 0 aliphatic heterocycles. The highest BCUT2D eigenvalue weighted by Gasteiger charge is 2.33. The minimum atomic E-state index is -4.42. The first-order chi connectivity index (χ1) is 13.2. The van der Waals surface area contributed by atoms with Gasteiger partial charge in [-0.05, 0) is 24.6 Å². The molecular formula is C18H23F4N5S. The number of benzene rings is 1. The van der Waals surface area contributed by atoms with Gasteiger partial charge in [0.1, 0.15) is 5.82 Å². The van der Waals surface area contributed by atoms with Crippen LogP contribution in [-0.4, -0.2) is 38.1 Å². The molecule has 0 aliphatic carbocycles. The second-order valence-electron chi connectivity index (χ2n) is 6.18. The lowest BCUT2D eigenvalue weighted by Crippen LogP contribution is -2.38. The van der Waals surface area contributed by atoms with Gasteiger partial charge in [0.2, 0.25) is 0 Å². The molecule has 0 amide bonds. The second-order valence-corrected chi connectivity index (χ2v) is 7.12. The van der Waals surface area contributed by atoms with Crippen LogP contribution in [0.4, 0.5) is 23.2 Å². The Bertz CT molecular complexity index is 802. The van der Waals surface area contributed by atoms with E-state index in [0.29, 0.717) is 36.2 Å². The average Bonchev–Trinajstić information content (AvgIpc) is 3.08. The van der Waals surface area contributed by atoms with Crippen molar-refractivity contribution in [2.45, 2.75) is 26.1 Å². The molecule has 5 nitrogen and oxygen atoms in total. The summed E-state index contributed by atoms with van der Waals surface area (Å²) in [4.78, 5) is 9.68. The molecule has 28 heavy (non-hydrogen) atoms. The van der Waals surface area contributed by atoms with Gasteiger partial charge in [0.25, 0.3) is 0 Å². The Kier molecular flexibility index (Phi) is 7.61. The lowest BCUT2D eigenvalue weighted by atomic mass is 10.2. The molecule has 0 aliphatic rings. The fourth-order valence-electron chi connectivity index (χ4n) is 2.37. The third-order valence-electron chi connectivity index (χ3n) is 3.73. The van der Waals surface area contributed by atoms with Crippen molar-refractivity contribution in [2.24, 2.45) is 4.99 Å². The van der Waals surface area contributed by atoms with E-state index >= 15 is 0 Å². The smallest absolute Gasteiger partial charge is 0.375 e. The van der Waals surface area contributed by atoms with E-state index in [-0.39, 0.29) is 12.4 Å². The predicted molar refractivity (Wildman–Crippen MR) is 104 cm³/mol. The van der Waals surface area contributed by atoms with Gasteiger partial charge < -0.3 is 15.5 Å². The van der Waals surface area contributed by atoms with E-state index in [9.17, 15) is 17.6 Å². The predicted octanol–water partition coefficient (Wildman–Crippen LogP) is 3.66. The molecule has 0 radical (unpaired) electrons. The quantitative estimate of drug-likeness (QED) is 0.410. The summed E-state index contributed by atoms with van der Waals surface area (Å²) >= 11 is 0.980. The largest absolute Gasteiger partial charge is 0.434 e. The van der Waals surface area contributed by atoms with Crippen LogP contribution >= 0.6 is 11.3 Å². The summed E-state index contributed by atoms with van der Waals surface area (Å²) in [5.41, 5.74) is 0.353. The van der Waals surface area contributed by atoms with Crippen LogP contribution in [0.1, 0.15) is 23.2 Å². The van der Waals surface area contributed by atoms with E-state index in [1.54, 1.807) is 31.1 Å². The number of rotatable bonds is 7. The molecule has 2 rings (SSSR count). The van der Waals surface area contributed by atoms with Gasteiger partial charge in [-0.15, -0.1) is 11.3 Å². The maximum atomic E-state index is 14.0. The number of alkyl halides is 3.